The van der Waals surface area contributed by atoms with Crippen LogP contribution in [0, 0.1) is 0 Å². The highest BCUT2D eigenvalue weighted by molar-refractivity contribution is 7.86. The van der Waals surface area contributed by atoms with Crippen molar-refractivity contribution in [2.75, 3.05) is 18.8 Å². The minimum absolute atomic E-state index is 0.0175. The van der Waals surface area contributed by atoms with Gasteiger partial charge in [0.15, 0.2) is 0 Å². The predicted octanol–water partition coefficient (Wildman–Crippen LogP) is 2.69. The molecule has 4 nitrogen and oxygen atoms in total. The monoisotopic (exact) mass is 305 g/mol. The Balaban J connectivity index is 1.76. The van der Waals surface area contributed by atoms with Crippen LogP contribution in [0.2, 0.25) is 0 Å². The topological polar surface area (TPSA) is 49.0 Å². The van der Waals surface area contributed by atoms with E-state index in [1.807, 2.05) is 6.20 Å². The zero-order valence-electron chi connectivity index (χ0n) is 12.8. The molecule has 0 aliphatic carbocycles. The molecule has 3 rings (SSSR count). The third kappa shape index (κ3) is 2.77. The van der Waals surface area contributed by atoms with Crippen molar-refractivity contribution in [3.05, 3.63) is 30.0 Å². The summed E-state index contributed by atoms with van der Waals surface area (Å²) in [6.07, 6.45) is 3.83. The molecule has 1 aromatic heterocycles. The quantitative estimate of drug-likeness (QED) is 0.945. The fourth-order valence-electron chi connectivity index (χ4n) is 3.26. The molecule has 21 heavy (non-hydrogen) atoms. The molecule has 0 saturated carbocycles. The van der Waals surface area contributed by atoms with E-state index in [0.29, 0.717) is 0 Å². The first-order valence-electron chi connectivity index (χ1n) is 7.70. The third-order valence-electron chi connectivity index (χ3n) is 4.79. The first-order valence-corrected chi connectivity index (χ1v) is 9.01. The van der Waals surface area contributed by atoms with Gasteiger partial charge in [0.25, 0.3) is 0 Å². The van der Waals surface area contributed by atoms with E-state index in [4.69, 9.17) is 0 Å². The van der Waals surface area contributed by atoms with E-state index < -0.39 is 10.8 Å². The Hall–Kier alpha value is -1.20. The number of nitrogens with one attached hydrogen (secondary N) is 1. The molecule has 1 fully saturated rings. The van der Waals surface area contributed by atoms with Gasteiger partial charge in [-0.25, -0.2) is 0 Å². The summed E-state index contributed by atoms with van der Waals surface area (Å²) in [6.45, 7) is 7.13. The zero-order valence-corrected chi connectivity index (χ0v) is 13.6. The molecule has 1 aliphatic heterocycles. The van der Waals surface area contributed by atoms with E-state index >= 15 is 0 Å². The Morgan fingerprint density at radius 2 is 2.19 bits per heavy atom. The normalized spacial score (nSPS) is 22.7. The number of benzene rings is 1. The smallest absolute Gasteiger partial charge is 0.0653 e. The van der Waals surface area contributed by atoms with Crippen molar-refractivity contribution in [3.63, 3.8) is 0 Å². The number of rotatable bonds is 4. The fourth-order valence-corrected chi connectivity index (χ4v) is 5.09. The number of nitrogens with zero attached hydrogens (tertiary/aromatic N) is 2. The van der Waals surface area contributed by atoms with Crippen molar-refractivity contribution >= 4 is 21.7 Å². The van der Waals surface area contributed by atoms with Gasteiger partial charge in [0.1, 0.15) is 0 Å². The maximum absolute atomic E-state index is 12.4. The van der Waals surface area contributed by atoms with Gasteiger partial charge in [0.05, 0.1) is 16.5 Å². The first kappa shape index (κ1) is 14.7. The van der Waals surface area contributed by atoms with Crippen LogP contribution in [0.15, 0.2) is 24.4 Å². The third-order valence-corrected chi connectivity index (χ3v) is 7.01. The summed E-state index contributed by atoms with van der Waals surface area (Å²) in [5.74, 6) is 0.800. The maximum atomic E-state index is 12.4. The van der Waals surface area contributed by atoms with E-state index in [1.54, 1.807) is 0 Å². The van der Waals surface area contributed by atoms with E-state index in [1.165, 1.54) is 5.56 Å². The number of hydrogen-bond donors (Lipinski definition) is 1. The van der Waals surface area contributed by atoms with Crippen LogP contribution in [0.3, 0.4) is 0 Å². The van der Waals surface area contributed by atoms with Crippen LogP contribution in [0.25, 0.3) is 10.9 Å². The van der Waals surface area contributed by atoms with Gasteiger partial charge in [-0.3, -0.25) is 14.2 Å². The zero-order chi connectivity index (χ0) is 14.9. The summed E-state index contributed by atoms with van der Waals surface area (Å²) in [5, 5.41) is 8.24. The van der Waals surface area contributed by atoms with E-state index in [9.17, 15) is 4.21 Å². The minimum Gasteiger partial charge on any atom is -0.297 e. The van der Waals surface area contributed by atoms with Crippen LogP contribution < -0.4 is 0 Å². The van der Waals surface area contributed by atoms with Gasteiger partial charge in [-0.05, 0) is 24.5 Å². The van der Waals surface area contributed by atoms with E-state index in [0.717, 1.165) is 49.1 Å². The number of H-pyrrole nitrogens is 1. The molecule has 1 unspecified atom stereocenters. The van der Waals surface area contributed by atoms with Gasteiger partial charge in [0.2, 0.25) is 0 Å². The lowest BCUT2D eigenvalue weighted by Crippen LogP contribution is -2.52. The number of aromatic nitrogens is 2. The Bertz CT molecular complexity index is 648. The van der Waals surface area contributed by atoms with Crippen LogP contribution in [0.5, 0.6) is 0 Å². The number of aromatic amines is 1. The molecule has 2 heterocycles. The van der Waals surface area contributed by atoms with Gasteiger partial charge >= 0.3 is 0 Å². The molecule has 0 amide bonds. The standard InChI is InChI=1S/C16H23N3OS/c1-3-16(4-2)12-19(7-8-21(16)20)11-13-5-6-14-10-17-18-15(14)9-13/h5-6,9-10H,3-4,7-8,11-12H2,1-2H3,(H,17,18). The van der Waals surface area contributed by atoms with Crippen LogP contribution in [0.4, 0.5) is 0 Å². The van der Waals surface area contributed by atoms with Crippen molar-refractivity contribution in [3.8, 4) is 0 Å². The van der Waals surface area contributed by atoms with Gasteiger partial charge < -0.3 is 0 Å². The highest BCUT2D eigenvalue weighted by atomic mass is 32.2. The summed E-state index contributed by atoms with van der Waals surface area (Å²) >= 11 is 0. The van der Waals surface area contributed by atoms with Gasteiger partial charge in [-0.2, -0.15) is 5.10 Å². The summed E-state index contributed by atoms with van der Waals surface area (Å²) < 4.78 is 12.4. The largest absolute Gasteiger partial charge is 0.297 e. The summed E-state index contributed by atoms with van der Waals surface area (Å²) in [5.41, 5.74) is 2.38. The van der Waals surface area contributed by atoms with Crippen LogP contribution in [-0.4, -0.2) is 42.9 Å². The number of fused-ring (bicyclic) bond motifs is 1. The van der Waals surface area contributed by atoms with Gasteiger partial charge in [-0.15, -0.1) is 0 Å². The molecule has 1 atom stereocenters. The fraction of sp³-hybridized carbons (Fsp3) is 0.562. The van der Waals surface area contributed by atoms with Crippen LogP contribution in [0.1, 0.15) is 32.3 Å². The minimum atomic E-state index is -0.689. The second-order valence-electron chi connectivity index (χ2n) is 5.94. The lowest BCUT2D eigenvalue weighted by Gasteiger charge is -2.41. The average molecular weight is 305 g/mol. The molecular weight excluding hydrogens is 282 g/mol. The van der Waals surface area contributed by atoms with Crippen LogP contribution >= 0.6 is 0 Å². The van der Waals surface area contributed by atoms with Gasteiger partial charge in [-0.1, -0.05) is 26.0 Å². The van der Waals surface area contributed by atoms with Crippen molar-refractivity contribution < 1.29 is 4.21 Å². The Kier molecular flexibility index (Phi) is 4.13. The average Bonchev–Trinajstić information content (AvgIpc) is 2.97. The SMILES string of the molecule is CCC1(CC)CN(Cc2ccc3cn[nH]c3c2)CCS1=O. The number of hydrogen-bond acceptors (Lipinski definition) is 3. The molecular formula is C16H23N3OS. The maximum Gasteiger partial charge on any atom is 0.0653 e. The second-order valence-corrected chi connectivity index (χ2v) is 7.91. The predicted molar refractivity (Wildman–Crippen MR) is 87.7 cm³/mol. The Labute approximate surface area is 128 Å². The molecule has 0 bridgehead atoms. The van der Waals surface area contributed by atoms with Crippen molar-refractivity contribution in [2.45, 2.75) is 38.0 Å². The molecule has 5 heteroatoms. The van der Waals surface area contributed by atoms with Gasteiger partial charge in [0, 0.05) is 41.6 Å². The van der Waals surface area contributed by atoms with Crippen molar-refractivity contribution in [2.24, 2.45) is 0 Å². The lowest BCUT2D eigenvalue weighted by atomic mass is 10.0. The van der Waals surface area contributed by atoms with Crippen molar-refractivity contribution in [1.29, 1.82) is 0 Å². The van der Waals surface area contributed by atoms with Crippen LogP contribution in [-0.2, 0) is 17.3 Å². The molecule has 1 saturated heterocycles. The highest BCUT2D eigenvalue weighted by Crippen LogP contribution is 2.29. The lowest BCUT2D eigenvalue weighted by molar-refractivity contribution is 0.228. The van der Waals surface area contributed by atoms with Crippen molar-refractivity contribution in [1.82, 2.24) is 15.1 Å². The second kappa shape index (κ2) is 5.89. The molecule has 114 valence electrons. The Morgan fingerprint density at radius 1 is 1.38 bits per heavy atom. The van der Waals surface area contributed by atoms with E-state index in [2.05, 4.69) is 47.1 Å². The first-order chi connectivity index (χ1) is 10.2. The molecule has 1 N–H and O–H groups in total. The van der Waals surface area contributed by atoms with E-state index in [-0.39, 0.29) is 4.75 Å². The molecule has 0 radical (unpaired) electrons. The molecule has 1 aliphatic rings. The molecule has 1 aromatic carbocycles. The summed E-state index contributed by atoms with van der Waals surface area (Å²) in [4.78, 5) is 2.45. The summed E-state index contributed by atoms with van der Waals surface area (Å²) in [6, 6.07) is 6.46. The Morgan fingerprint density at radius 3 is 2.95 bits per heavy atom. The molecule has 0 spiro atoms. The summed E-state index contributed by atoms with van der Waals surface area (Å²) in [7, 11) is -0.689. The molecule has 2 aromatic rings. The highest BCUT2D eigenvalue weighted by Gasteiger charge is 2.38.